The summed E-state index contributed by atoms with van der Waals surface area (Å²) in [5.74, 6) is 0.801. The SMILES string of the molecule is COc1cc(OC)cc(C(=O)N2CCN(c3ccc(NC(=O)c4ccc(Cl)cc4Cl)cc3)CC2)c1. The van der Waals surface area contributed by atoms with Gasteiger partial charge in [0.1, 0.15) is 11.5 Å². The normalized spacial score (nSPS) is 13.4. The number of anilines is 2. The van der Waals surface area contributed by atoms with Crippen LogP contribution in [0.15, 0.2) is 60.7 Å². The summed E-state index contributed by atoms with van der Waals surface area (Å²) in [6.45, 7) is 2.57. The molecule has 0 saturated carbocycles. The molecule has 9 heteroatoms. The highest BCUT2D eigenvalue weighted by molar-refractivity contribution is 6.37. The number of carbonyl (C=O) groups excluding carboxylic acids is 2. The van der Waals surface area contributed by atoms with Crippen LogP contribution in [0.3, 0.4) is 0 Å². The Bertz CT molecular complexity index is 1200. The molecule has 4 rings (SSSR count). The van der Waals surface area contributed by atoms with E-state index in [2.05, 4.69) is 10.2 Å². The summed E-state index contributed by atoms with van der Waals surface area (Å²) in [7, 11) is 3.12. The number of ether oxygens (including phenoxy) is 2. The fraction of sp³-hybridized carbons (Fsp3) is 0.231. The molecule has 3 aromatic rings. The van der Waals surface area contributed by atoms with Crippen LogP contribution in [0.25, 0.3) is 0 Å². The van der Waals surface area contributed by atoms with Gasteiger partial charge in [-0.25, -0.2) is 0 Å². The molecule has 1 heterocycles. The molecule has 0 aromatic heterocycles. The number of methoxy groups -OCH3 is 2. The third-order valence-corrected chi connectivity index (χ3v) is 6.38. The maximum absolute atomic E-state index is 13.0. The van der Waals surface area contributed by atoms with Crippen molar-refractivity contribution in [1.82, 2.24) is 4.90 Å². The monoisotopic (exact) mass is 513 g/mol. The highest BCUT2D eigenvalue weighted by Crippen LogP contribution is 2.26. The highest BCUT2D eigenvalue weighted by Gasteiger charge is 2.23. The Hall–Kier alpha value is -3.42. The molecule has 182 valence electrons. The van der Waals surface area contributed by atoms with Crippen LogP contribution < -0.4 is 19.7 Å². The number of hydrogen-bond donors (Lipinski definition) is 1. The van der Waals surface area contributed by atoms with E-state index in [4.69, 9.17) is 32.7 Å². The third kappa shape index (κ3) is 5.81. The lowest BCUT2D eigenvalue weighted by molar-refractivity contribution is 0.0746. The average molecular weight is 514 g/mol. The summed E-state index contributed by atoms with van der Waals surface area (Å²) in [5.41, 5.74) is 2.57. The molecule has 0 unspecified atom stereocenters. The van der Waals surface area contributed by atoms with E-state index in [0.29, 0.717) is 64.5 Å². The summed E-state index contributed by atoms with van der Waals surface area (Å²) in [6, 6.07) is 17.5. The number of carbonyl (C=O) groups is 2. The van der Waals surface area contributed by atoms with Gasteiger partial charge in [0, 0.05) is 54.2 Å². The van der Waals surface area contributed by atoms with Gasteiger partial charge in [0.05, 0.1) is 24.8 Å². The van der Waals surface area contributed by atoms with Crippen molar-refractivity contribution in [1.29, 1.82) is 0 Å². The first-order valence-electron chi connectivity index (χ1n) is 11.0. The molecule has 1 aliphatic rings. The Balaban J connectivity index is 1.36. The first kappa shape index (κ1) is 24.7. The zero-order chi connectivity index (χ0) is 24.9. The van der Waals surface area contributed by atoms with E-state index in [9.17, 15) is 9.59 Å². The van der Waals surface area contributed by atoms with E-state index < -0.39 is 0 Å². The number of rotatable bonds is 6. The van der Waals surface area contributed by atoms with E-state index >= 15 is 0 Å². The predicted molar refractivity (Wildman–Crippen MR) is 139 cm³/mol. The second kappa shape index (κ2) is 10.9. The number of benzene rings is 3. The van der Waals surface area contributed by atoms with Gasteiger partial charge in [0.2, 0.25) is 0 Å². The van der Waals surface area contributed by atoms with Gasteiger partial charge in [0.15, 0.2) is 0 Å². The van der Waals surface area contributed by atoms with Crippen molar-refractivity contribution in [3.63, 3.8) is 0 Å². The van der Waals surface area contributed by atoms with Crippen molar-refractivity contribution in [2.75, 3.05) is 50.6 Å². The lowest BCUT2D eigenvalue weighted by Crippen LogP contribution is -2.48. The lowest BCUT2D eigenvalue weighted by atomic mass is 10.1. The zero-order valence-electron chi connectivity index (χ0n) is 19.4. The van der Waals surface area contributed by atoms with Gasteiger partial charge in [-0.2, -0.15) is 0 Å². The molecule has 3 aromatic carbocycles. The first-order valence-corrected chi connectivity index (χ1v) is 11.8. The minimum atomic E-state index is -0.305. The van der Waals surface area contributed by atoms with Crippen molar-refractivity contribution in [3.8, 4) is 11.5 Å². The predicted octanol–water partition coefficient (Wildman–Crippen LogP) is 5.23. The fourth-order valence-corrected chi connectivity index (χ4v) is 4.40. The minimum absolute atomic E-state index is 0.0548. The van der Waals surface area contributed by atoms with Crippen LogP contribution >= 0.6 is 23.2 Å². The first-order chi connectivity index (χ1) is 16.9. The topological polar surface area (TPSA) is 71.1 Å². The van der Waals surface area contributed by atoms with Crippen LogP contribution in [0.1, 0.15) is 20.7 Å². The molecule has 0 bridgehead atoms. The van der Waals surface area contributed by atoms with Crippen LogP contribution in [0.2, 0.25) is 10.0 Å². The van der Waals surface area contributed by atoms with Crippen LogP contribution in [0.4, 0.5) is 11.4 Å². The number of halogens is 2. The van der Waals surface area contributed by atoms with Crippen molar-refractivity contribution >= 4 is 46.4 Å². The number of amides is 2. The van der Waals surface area contributed by atoms with Crippen LogP contribution in [-0.4, -0.2) is 57.1 Å². The molecule has 1 N–H and O–H groups in total. The van der Waals surface area contributed by atoms with Crippen LogP contribution in [0.5, 0.6) is 11.5 Å². The van der Waals surface area contributed by atoms with Crippen molar-refractivity contribution in [3.05, 3.63) is 81.8 Å². The van der Waals surface area contributed by atoms with E-state index in [1.54, 1.807) is 44.6 Å². The molecule has 0 radical (unpaired) electrons. The van der Waals surface area contributed by atoms with E-state index in [-0.39, 0.29) is 11.8 Å². The Morgan fingerprint density at radius 2 is 1.46 bits per heavy atom. The second-order valence-corrected chi connectivity index (χ2v) is 8.85. The van der Waals surface area contributed by atoms with E-state index in [1.807, 2.05) is 29.2 Å². The molecule has 0 aliphatic carbocycles. The summed E-state index contributed by atoms with van der Waals surface area (Å²) in [5, 5.41) is 3.62. The summed E-state index contributed by atoms with van der Waals surface area (Å²) in [6.07, 6.45) is 0. The van der Waals surface area contributed by atoms with E-state index in [1.165, 1.54) is 6.07 Å². The van der Waals surface area contributed by atoms with Crippen molar-refractivity contribution in [2.45, 2.75) is 0 Å². The number of nitrogens with zero attached hydrogens (tertiary/aromatic N) is 2. The highest BCUT2D eigenvalue weighted by atomic mass is 35.5. The summed E-state index contributed by atoms with van der Waals surface area (Å²) >= 11 is 12.0. The Morgan fingerprint density at radius 3 is 2.03 bits per heavy atom. The van der Waals surface area contributed by atoms with Gasteiger partial charge in [-0.1, -0.05) is 23.2 Å². The van der Waals surface area contributed by atoms with Gasteiger partial charge in [-0.05, 0) is 54.6 Å². The van der Waals surface area contributed by atoms with Crippen molar-refractivity contribution < 1.29 is 19.1 Å². The smallest absolute Gasteiger partial charge is 0.257 e. The molecule has 0 atom stereocenters. The van der Waals surface area contributed by atoms with Crippen LogP contribution in [-0.2, 0) is 0 Å². The molecule has 7 nitrogen and oxygen atoms in total. The lowest BCUT2D eigenvalue weighted by Gasteiger charge is -2.36. The second-order valence-electron chi connectivity index (χ2n) is 8.01. The van der Waals surface area contributed by atoms with Gasteiger partial charge in [-0.15, -0.1) is 0 Å². The molecular formula is C26H25Cl2N3O4. The molecule has 35 heavy (non-hydrogen) atoms. The molecule has 1 fully saturated rings. The van der Waals surface area contributed by atoms with Crippen LogP contribution in [0, 0.1) is 0 Å². The van der Waals surface area contributed by atoms with Gasteiger partial charge in [0.25, 0.3) is 11.8 Å². The number of hydrogen-bond acceptors (Lipinski definition) is 5. The van der Waals surface area contributed by atoms with E-state index in [0.717, 1.165) is 5.69 Å². The Morgan fingerprint density at radius 1 is 0.829 bits per heavy atom. The van der Waals surface area contributed by atoms with Gasteiger partial charge in [-0.3, -0.25) is 9.59 Å². The number of nitrogens with one attached hydrogen (secondary N) is 1. The minimum Gasteiger partial charge on any atom is -0.497 e. The van der Waals surface area contributed by atoms with Gasteiger partial charge >= 0.3 is 0 Å². The Kier molecular flexibility index (Phi) is 7.68. The standard InChI is InChI=1S/C26H25Cl2N3O4/c1-34-21-13-17(14-22(16-21)35-2)26(33)31-11-9-30(10-12-31)20-6-4-19(5-7-20)29-25(32)23-8-3-18(27)15-24(23)28/h3-8,13-16H,9-12H2,1-2H3,(H,29,32). The maximum Gasteiger partial charge on any atom is 0.257 e. The average Bonchev–Trinajstić information content (AvgIpc) is 2.88. The summed E-state index contributed by atoms with van der Waals surface area (Å²) in [4.78, 5) is 29.6. The maximum atomic E-state index is 13.0. The molecule has 1 saturated heterocycles. The van der Waals surface area contributed by atoms with Crippen molar-refractivity contribution in [2.24, 2.45) is 0 Å². The summed E-state index contributed by atoms with van der Waals surface area (Å²) < 4.78 is 10.6. The Labute approximate surface area is 214 Å². The number of piperazine rings is 1. The fourth-order valence-electron chi connectivity index (χ4n) is 3.91. The molecule has 2 amide bonds. The third-order valence-electron chi connectivity index (χ3n) is 5.83. The largest absolute Gasteiger partial charge is 0.497 e. The molecule has 0 spiro atoms. The quantitative estimate of drug-likeness (QED) is 0.488. The zero-order valence-corrected chi connectivity index (χ0v) is 20.9. The molecular weight excluding hydrogens is 489 g/mol. The molecule has 1 aliphatic heterocycles. The van der Waals surface area contributed by atoms with Gasteiger partial charge < -0.3 is 24.6 Å².